The van der Waals surface area contributed by atoms with Gasteiger partial charge in [-0.05, 0) is 17.7 Å². The second-order valence-corrected chi connectivity index (χ2v) is 5.06. The summed E-state index contributed by atoms with van der Waals surface area (Å²) in [5.41, 5.74) is 1.68. The zero-order valence-electron chi connectivity index (χ0n) is 11.8. The molecule has 0 radical (unpaired) electrons. The van der Waals surface area contributed by atoms with E-state index in [0.29, 0.717) is 6.54 Å². The molecule has 3 rings (SSSR count). The number of carboxylic acid groups (broad SMARTS) is 1. The molecule has 0 bridgehead atoms. The lowest BCUT2D eigenvalue weighted by Gasteiger charge is -2.22. The van der Waals surface area contributed by atoms with Gasteiger partial charge in [-0.1, -0.05) is 48.5 Å². The molecule has 1 aliphatic heterocycles. The first-order chi connectivity index (χ1) is 10.7. The maximum absolute atomic E-state index is 12.6. The molecular formula is C17H15NO4. The lowest BCUT2D eigenvalue weighted by Crippen LogP contribution is -2.35. The Morgan fingerprint density at radius 1 is 0.955 bits per heavy atom. The zero-order chi connectivity index (χ0) is 15.5. The van der Waals surface area contributed by atoms with E-state index in [1.807, 2.05) is 60.7 Å². The molecule has 0 aromatic heterocycles. The Balaban J connectivity index is 1.84. The highest BCUT2D eigenvalue weighted by atomic mass is 16.6. The Labute approximate surface area is 127 Å². The van der Waals surface area contributed by atoms with Crippen LogP contribution in [0.3, 0.4) is 0 Å². The predicted octanol–water partition coefficient (Wildman–Crippen LogP) is 2.07. The van der Waals surface area contributed by atoms with Gasteiger partial charge in [0.25, 0.3) is 5.91 Å². The van der Waals surface area contributed by atoms with Crippen LogP contribution in [-0.4, -0.2) is 29.2 Å². The van der Waals surface area contributed by atoms with Crippen molar-refractivity contribution in [1.82, 2.24) is 0 Å². The summed E-state index contributed by atoms with van der Waals surface area (Å²) in [6.45, 7) is 0.371. The van der Waals surface area contributed by atoms with Crippen molar-refractivity contribution in [1.29, 1.82) is 0 Å². The minimum atomic E-state index is -1.11. The monoisotopic (exact) mass is 297 g/mol. The molecule has 1 fully saturated rings. The molecule has 112 valence electrons. The first kappa shape index (κ1) is 14.3. The maximum Gasteiger partial charge on any atom is 0.336 e. The number of carboxylic acids is 1. The van der Waals surface area contributed by atoms with Crippen molar-refractivity contribution < 1.29 is 19.4 Å². The average molecular weight is 297 g/mol. The predicted molar refractivity (Wildman–Crippen MR) is 80.4 cm³/mol. The van der Waals surface area contributed by atoms with E-state index in [4.69, 9.17) is 9.84 Å². The lowest BCUT2D eigenvalue weighted by atomic mass is 10.1. The number of para-hydroxylation sites is 1. The van der Waals surface area contributed by atoms with Gasteiger partial charge in [-0.15, -0.1) is 0 Å². The summed E-state index contributed by atoms with van der Waals surface area (Å²) in [5.74, 6) is -1.44. The third-order valence-electron chi connectivity index (χ3n) is 3.50. The van der Waals surface area contributed by atoms with Crippen LogP contribution in [0, 0.1) is 0 Å². The summed E-state index contributed by atoms with van der Waals surface area (Å²) < 4.78 is 4.99. The highest BCUT2D eigenvalue weighted by Crippen LogP contribution is 2.28. The minimum Gasteiger partial charge on any atom is -0.479 e. The van der Waals surface area contributed by atoms with E-state index in [-0.39, 0.29) is 5.91 Å². The largest absolute Gasteiger partial charge is 0.479 e. The van der Waals surface area contributed by atoms with E-state index in [2.05, 4.69) is 0 Å². The number of anilines is 1. The number of benzene rings is 2. The van der Waals surface area contributed by atoms with Crippen molar-refractivity contribution in [3.05, 3.63) is 66.2 Å². The van der Waals surface area contributed by atoms with Crippen LogP contribution in [0.5, 0.6) is 0 Å². The molecule has 0 aliphatic carbocycles. The number of ether oxygens (including phenoxy) is 1. The molecule has 1 N–H and O–H groups in total. The van der Waals surface area contributed by atoms with Crippen LogP contribution in [0.25, 0.3) is 0 Å². The lowest BCUT2D eigenvalue weighted by molar-refractivity contribution is -0.138. The van der Waals surface area contributed by atoms with Crippen LogP contribution >= 0.6 is 0 Å². The molecule has 1 aliphatic rings. The summed E-state index contributed by atoms with van der Waals surface area (Å²) in [4.78, 5) is 25.0. The molecule has 5 nitrogen and oxygen atoms in total. The average Bonchev–Trinajstić information content (AvgIpc) is 3.35. The number of hydrogen-bond acceptors (Lipinski definition) is 3. The number of rotatable bonds is 5. The molecule has 2 aromatic rings. The fourth-order valence-corrected chi connectivity index (χ4v) is 2.31. The van der Waals surface area contributed by atoms with E-state index in [1.54, 1.807) is 4.90 Å². The summed E-state index contributed by atoms with van der Waals surface area (Å²) in [6.07, 6.45) is -1.93. The molecule has 2 atom stereocenters. The number of nitrogens with zero attached hydrogens (tertiary/aromatic N) is 1. The third-order valence-corrected chi connectivity index (χ3v) is 3.50. The molecule has 22 heavy (non-hydrogen) atoms. The number of aliphatic carboxylic acids is 1. The fraction of sp³-hybridized carbons (Fsp3) is 0.176. The summed E-state index contributed by atoms with van der Waals surface area (Å²) >= 11 is 0. The van der Waals surface area contributed by atoms with Gasteiger partial charge in [-0.3, -0.25) is 4.79 Å². The topological polar surface area (TPSA) is 70.1 Å². The van der Waals surface area contributed by atoms with Gasteiger partial charge in [-0.2, -0.15) is 0 Å². The van der Waals surface area contributed by atoms with Crippen molar-refractivity contribution >= 4 is 17.6 Å². The number of carbonyl (C=O) groups excluding carboxylic acids is 1. The fourth-order valence-electron chi connectivity index (χ4n) is 2.31. The highest BCUT2D eigenvalue weighted by Gasteiger charge is 2.52. The van der Waals surface area contributed by atoms with Gasteiger partial charge in [0.05, 0.1) is 6.54 Å². The molecule has 1 heterocycles. The van der Waals surface area contributed by atoms with E-state index in [1.165, 1.54) is 0 Å². The normalized spacial score (nSPS) is 19.5. The Bertz CT molecular complexity index is 672. The number of hydrogen-bond donors (Lipinski definition) is 1. The van der Waals surface area contributed by atoms with E-state index < -0.39 is 18.2 Å². The van der Waals surface area contributed by atoms with E-state index in [0.717, 1.165) is 11.3 Å². The van der Waals surface area contributed by atoms with Crippen LogP contribution in [0.2, 0.25) is 0 Å². The van der Waals surface area contributed by atoms with Crippen LogP contribution in [-0.2, 0) is 20.9 Å². The standard InChI is InChI=1S/C17H15NO4/c19-16(14-15(22-14)17(20)21)18(13-9-5-2-6-10-13)11-12-7-3-1-4-8-12/h1-10,14-15H,11H2,(H,20,21)/t14-,15-/m0/s1. The molecule has 0 spiro atoms. The first-order valence-electron chi connectivity index (χ1n) is 6.95. The third kappa shape index (κ3) is 2.99. The van der Waals surface area contributed by atoms with Gasteiger partial charge in [-0.25, -0.2) is 4.79 Å². The van der Waals surface area contributed by atoms with Gasteiger partial charge in [0.15, 0.2) is 12.2 Å². The maximum atomic E-state index is 12.6. The van der Waals surface area contributed by atoms with Crippen molar-refractivity contribution in [2.75, 3.05) is 4.90 Å². The van der Waals surface area contributed by atoms with Crippen LogP contribution in [0.4, 0.5) is 5.69 Å². The second-order valence-electron chi connectivity index (χ2n) is 5.06. The quantitative estimate of drug-likeness (QED) is 0.858. The van der Waals surface area contributed by atoms with E-state index in [9.17, 15) is 9.59 Å². The smallest absolute Gasteiger partial charge is 0.336 e. The molecule has 2 aromatic carbocycles. The van der Waals surface area contributed by atoms with Gasteiger partial charge in [0.2, 0.25) is 0 Å². The molecule has 1 saturated heterocycles. The SMILES string of the molecule is O=C(O)[C@H]1O[C@@H]1C(=O)N(Cc1ccccc1)c1ccccc1. The number of epoxide rings is 1. The van der Waals surface area contributed by atoms with Crippen LogP contribution in [0.15, 0.2) is 60.7 Å². The Morgan fingerprint density at radius 3 is 2.09 bits per heavy atom. The Hall–Kier alpha value is -2.66. The van der Waals surface area contributed by atoms with E-state index >= 15 is 0 Å². The van der Waals surface area contributed by atoms with Crippen LogP contribution in [0.1, 0.15) is 5.56 Å². The molecule has 5 heteroatoms. The summed E-state index contributed by atoms with van der Waals surface area (Å²) in [6, 6.07) is 18.7. The first-order valence-corrected chi connectivity index (χ1v) is 6.95. The van der Waals surface area contributed by atoms with Gasteiger partial charge >= 0.3 is 5.97 Å². The van der Waals surface area contributed by atoms with Crippen LogP contribution < -0.4 is 4.90 Å². The number of carbonyl (C=O) groups is 2. The van der Waals surface area contributed by atoms with Crippen molar-refractivity contribution in [2.24, 2.45) is 0 Å². The summed E-state index contributed by atoms with van der Waals surface area (Å²) in [7, 11) is 0. The molecule has 0 saturated carbocycles. The van der Waals surface area contributed by atoms with Gasteiger partial charge < -0.3 is 14.7 Å². The second kappa shape index (κ2) is 5.99. The van der Waals surface area contributed by atoms with Gasteiger partial charge in [0, 0.05) is 5.69 Å². The minimum absolute atomic E-state index is 0.331. The van der Waals surface area contributed by atoms with Gasteiger partial charge in [0.1, 0.15) is 0 Å². The molecular weight excluding hydrogens is 282 g/mol. The Kier molecular flexibility index (Phi) is 3.89. The Morgan fingerprint density at radius 2 is 1.55 bits per heavy atom. The van der Waals surface area contributed by atoms with Crippen molar-refractivity contribution in [3.8, 4) is 0 Å². The zero-order valence-corrected chi connectivity index (χ0v) is 11.8. The summed E-state index contributed by atoms with van der Waals surface area (Å²) in [5, 5.41) is 8.92. The number of amides is 1. The molecule has 0 unspecified atom stereocenters. The molecule has 1 amide bonds. The van der Waals surface area contributed by atoms with Crippen molar-refractivity contribution in [3.63, 3.8) is 0 Å². The van der Waals surface area contributed by atoms with Crippen molar-refractivity contribution in [2.45, 2.75) is 18.8 Å². The highest BCUT2D eigenvalue weighted by molar-refractivity contribution is 6.02.